The van der Waals surface area contributed by atoms with Gasteiger partial charge in [0, 0.05) is 6.42 Å². The van der Waals surface area contributed by atoms with E-state index in [-0.39, 0.29) is 23.5 Å². The van der Waals surface area contributed by atoms with E-state index < -0.39 is 0 Å². The number of rotatable bonds is 5. The number of Topliss-reactive ketones (excluding diaryl/α,β-unsaturated/α-hetero) is 1. The summed E-state index contributed by atoms with van der Waals surface area (Å²) >= 11 is 0. The number of ketones is 1. The fraction of sp³-hybridized carbons (Fsp3) is 0.462. The van der Waals surface area contributed by atoms with Gasteiger partial charge in [0.05, 0.1) is 6.10 Å². The molecule has 0 spiro atoms. The summed E-state index contributed by atoms with van der Waals surface area (Å²) in [5.41, 5.74) is 0.823. The zero-order valence-corrected chi connectivity index (χ0v) is 9.92. The average Bonchev–Trinajstić information content (AvgIpc) is 2.18. The fourth-order valence-corrected chi connectivity index (χ4v) is 1.37. The summed E-state index contributed by atoms with van der Waals surface area (Å²) in [6.07, 6.45) is 0.982. The third-order valence-corrected chi connectivity index (χ3v) is 2.12. The molecule has 0 aromatic heterocycles. The van der Waals surface area contributed by atoms with Crippen LogP contribution in [0.4, 0.5) is 4.39 Å². The van der Waals surface area contributed by atoms with E-state index in [1.807, 2.05) is 13.8 Å². The Morgan fingerprint density at radius 1 is 1.44 bits per heavy atom. The summed E-state index contributed by atoms with van der Waals surface area (Å²) in [7, 11) is 0. The van der Waals surface area contributed by atoms with E-state index in [9.17, 15) is 9.18 Å². The molecular weight excluding hydrogens is 207 g/mol. The Hall–Kier alpha value is -1.38. The molecule has 0 aliphatic heterocycles. The van der Waals surface area contributed by atoms with Crippen LogP contribution in [-0.4, -0.2) is 11.9 Å². The van der Waals surface area contributed by atoms with E-state index in [4.69, 9.17) is 4.74 Å². The minimum absolute atomic E-state index is 0.0439. The van der Waals surface area contributed by atoms with Crippen LogP contribution in [0.15, 0.2) is 18.2 Å². The third kappa shape index (κ3) is 4.01. The Bertz CT molecular complexity index is 372. The van der Waals surface area contributed by atoms with Gasteiger partial charge in [0.25, 0.3) is 0 Å². The summed E-state index contributed by atoms with van der Waals surface area (Å²) in [6, 6.07) is 4.84. The van der Waals surface area contributed by atoms with E-state index >= 15 is 0 Å². The lowest BCUT2D eigenvalue weighted by Gasteiger charge is -2.11. The van der Waals surface area contributed by atoms with Gasteiger partial charge in [-0.3, -0.25) is 0 Å². The van der Waals surface area contributed by atoms with Crippen molar-refractivity contribution >= 4 is 5.78 Å². The highest BCUT2D eigenvalue weighted by Crippen LogP contribution is 2.20. The van der Waals surface area contributed by atoms with Crippen LogP contribution < -0.4 is 4.74 Å². The van der Waals surface area contributed by atoms with Gasteiger partial charge in [-0.2, -0.15) is 0 Å². The molecule has 0 aliphatic carbocycles. The molecule has 88 valence electrons. The molecule has 1 rings (SSSR count). The second kappa shape index (κ2) is 5.64. The molecule has 1 aromatic carbocycles. The van der Waals surface area contributed by atoms with Crippen LogP contribution in [0.5, 0.6) is 5.75 Å². The van der Waals surface area contributed by atoms with Crippen LogP contribution in [0.25, 0.3) is 0 Å². The topological polar surface area (TPSA) is 26.3 Å². The van der Waals surface area contributed by atoms with Crippen LogP contribution >= 0.6 is 0 Å². The Balaban J connectivity index is 2.70. The first-order valence-electron chi connectivity index (χ1n) is 5.43. The quantitative estimate of drug-likeness (QED) is 0.768. The lowest BCUT2D eigenvalue weighted by Crippen LogP contribution is -2.07. The predicted molar refractivity (Wildman–Crippen MR) is 61.2 cm³/mol. The molecule has 0 saturated heterocycles. The number of hydrogen-bond donors (Lipinski definition) is 0. The number of ether oxygens (including phenoxy) is 1. The first-order valence-corrected chi connectivity index (χ1v) is 5.43. The van der Waals surface area contributed by atoms with Gasteiger partial charge in [-0.15, -0.1) is 0 Å². The van der Waals surface area contributed by atoms with Crippen LogP contribution in [0.1, 0.15) is 32.8 Å². The average molecular weight is 224 g/mol. The molecule has 0 saturated carbocycles. The van der Waals surface area contributed by atoms with E-state index in [1.54, 1.807) is 12.1 Å². The van der Waals surface area contributed by atoms with Crippen LogP contribution in [0.3, 0.4) is 0 Å². The van der Waals surface area contributed by atoms with Crippen LogP contribution in [0.2, 0.25) is 0 Å². The summed E-state index contributed by atoms with van der Waals surface area (Å²) in [5, 5.41) is 0. The third-order valence-electron chi connectivity index (χ3n) is 2.12. The number of halogens is 1. The maximum Gasteiger partial charge on any atom is 0.165 e. The Morgan fingerprint density at radius 3 is 2.62 bits per heavy atom. The second-order valence-corrected chi connectivity index (χ2v) is 4.13. The molecule has 3 heteroatoms. The van der Waals surface area contributed by atoms with Crippen molar-refractivity contribution in [2.24, 2.45) is 0 Å². The van der Waals surface area contributed by atoms with E-state index in [0.29, 0.717) is 12.8 Å². The SMILES string of the molecule is CC(=O)CCc1ccc(OC(C)C)c(F)c1. The summed E-state index contributed by atoms with van der Waals surface area (Å²) in [4.78, 5) is 10.8. The lowest BCUT2D eigenvalue weighted by atomic mass is 10.1. The normalized spacial score (nSPS) is 10.6. The maximum atomic E-state index is 13.5. The lowest BCUT2D eigenvalue weighted by molar-refractivity contribution is -0.116. The van der Waals surface area contributed by atoms with Gasteiger partial charge in [0.1, 0.15) is 5.78 Å². The second-order valence-electron chi connectivity index (χ2n) is 4.13. The molecule has 0 heterocycles. The highest BCUT2D eigenvalue weighted by atomic mass is 19.1. The summed E-state index contributed by atoms with van der Waals surface area (Å²) < 4.78 is 18.8. The van der Waals surface area contributed by atoms with Crippen molar-refractivity contribution in [3.63, 3.8) is 0 Å². The summed E-state index contributed by atoms with van der Waals surface area (Å²) in [5.74, 6) is 0.0132. The van der Waals surface area contributed by atoms with Gasteiger partial charge in [-0.05, 0) is 44.9 Å². The van der Waals surface area contributed by atoms with Crippen molar-refractivity contribution in [2.75, 3.05) is 0 Å². The number of aryl methyl sites for hydroxylation is 1. The van der Waals surface area contributed by atoms with Gasteiger partial charge in [-0.25, -0.2) is 4.39 Å². The van der Waals surface area contributed by atoms with Crippen molar-refractivity contribution < 1.29 is 13.9 Å². The van der Waals surface area contributed by atoms with Crippen molar-refractivity contribution in [3.8, 4) is 5.75 Å². The van der Waals surface area contributed by atoms with Gasteiger partial charge < -0.3 is 9.53 Å². The largest absolute Gasteiger partial charge is 0.488 e. The molecule has 0 atom stereocenters. The Kier molecular flexibility index (Phi) is 4.47. The van der Waals surface area contributed by atoms with E-state index in [1.165, 1.54) is 13.0 Å². The number of hydrogen-bond acceptors (Lipinski definition) is 2. The molecule has 16 heavy (non-hydrogen) atoms. The van der Waals surface area contributed by atoms with Crippen molar-refractivity contribution in [1.29, 1.82) is 0 Å². The van der Waals surface area contributed by atoms with Gasteiger partial charge in [0.15, 0.2) is 11.6 Å². The van der Waals surface area contributed by atoms with Gasteiger partial charge in [-0.1, -0.05) is 6.07 Å². The molecular formula is C13H17FO2. The molecule has 2 nitrogen and oxygen atoms in total. The molecule has 0 N–H and O–H groups in total. The number of benzene rings is 1. The Labute approximate surface area is 95.4 Å². The highest BCUT2D eigenvalue weighted by Gasteiger charge is 2.06. The van der Waals surface area contributed by atoms with Crippen LogP contribution in [-0.2, 0) is 11.2 Å². The highest BCUT2D eigenvalue weighted by molar-refractivity contribution is 5.75. The molecule has 0 radical (unpaired) electrons. The van der Waals surface area contributed by atoms with Crippen molar-refractivity contribution in [1.82, 2.24) is 0 Å². The minimum Gasteiger partial charge on any atom is -0.488 e. The summed E-state index contributed by atoms with van der Waals surface area (Å²) in [6.45, 7) is 5.23. The maximum absolute atomic E-state index is 13.5. The monoisotopic (exact) mass is 224 g/mol. The zero-order chi connectivity index (χ0) is 12.1. The van der Waals surface area contributed by atoms with Gasteiger partial charge >= 0.3 is 0 Å². The molecule has 0 bridgehead atoms. The van der Waals surface area contributed by atoms with Crippen molar-refractivity contribution in [2.45, 2.75) is 39.7 Å². The standard InChI is InChI=1S/C13H17FO2/c1-9(2)16-13-7-6-11(8-12(13)14)5-4-10(3)15/h6-9H,4-5H2,1-3H3. The van der Waals surface area contributed by atoms with E-state index in [2.05, 4.69) is 0 Å². The molecule has 0 aliphatic rings. The Morgan fingerprint density at radius 2 is 2.12 bits per heavy atom. The predicted octanol–water partition coefficient (Wildman–Crippen LogP) is 3.13. The smallest absolute Gasteiger partial charge is 0.165 e. The number of carbonyl (C=O) groups is 1. The van der Waals surface area contributed by atoms with E-state index in [0.717, 1.165) is 5.56 Å². The van der Waals surface area contributed by atoms with Crippen LogP contribution in [0, 0.1) is 5.82 Å². The minimum atomic E-state index is -0.366. The zero-order valence-electron chi connectivity index (χ0n) is 9.92. The first-order chi connectivity index (χ1) is 7.49. The first kappa shape index (κ1) is 12.7. The van der Waals surface area contributed by atoms with Gasteiger partial charge in [0.2, 0.25) is 0 Å². The fourth-order valence-electron chi connectivity index (χ4n) is 1.37. The molecule has 1 aromatic rings. The van der Waals surface area contributed by atoms with Crippen molar-refractivity contribution in [3.05, 3.63) is 29.6 Å². The molecule has 0 amide bonds. The number of carbonyl (C=O) groups excluding carboxylic acids is 1. The molecule has 0 fully saturated rings. The molecule has 0 unspecified atom stereocenters.